The Kier molecular flexibility index (Phi) is 5.38. The molecule has 32 heavy (non-hydrogen) atoms. The molecular weight excluding hydrogens is 419 g/mol. The number of rotatable bonds is 4. The molecule has 0 aliphatic carbocycles. The van der Waals surface area contributed by atoms with Gasteiger partial charge in [-0.25, -0.2) is 4.98 Å². The third-order valence-electron chi connectivity index (χ3n) is 4.99. The maximum Gasteiger partial charge on any atom is 0.417 e. The van der Waals surface area contributed by atoms with E-state index >= 15 is 0 Å². The minimum Gasteiger partial charge on any atom is -0.436 e. The van der Waals surface area contributed by atoms with Crippen LogP contribution in [0.4, 0.5) is 24.5 Å². The van der Waals surface area contributed by atoms with E-state index in [2.05, 4.69) is 10.3 Å². The molecule has 0 aliphatic rings. The number of hydrogen-bond donors (Lipinski definition) is 1. The molecule has 8 heteroatoms. The standard InChI is InChI=1S/C24H20F3N3O2/c1-14-8-11-21-19(12-14)29-23(32-21)17-13-15(9-10-20(17)30(2)3)28-22(31)16-6-4-5-7-18(16)24(25,26)27/h4-13H,1-3H3,(H,28,31). The van der Waals surface area contributed by atoms with Gasteiger partial charge in [-0.3, -0.25) is 4.79 Å². The first-order chi connectivity index (χ1) is 15.1. The van der Waals surface area contributed by atoms with Crippen molar-refractivity contribution in [3.8, 4) is 11.5 Å². The van der Waals surface area contributed by atoms with Gasteiger partial charge in [0.15, 0.2) is 5.58 Å². The van der Waals surface area contributed by atoms with Crippen LogP contribution in [0.1, 0.15) is 21.5 Å². The first-order valence-electron chi connectivity index (χ1n) is 9.80. The highest BCUT2D eigenvalue weighted by Gasteiger charge is 2.34. The molecular formula is C24H20F3N3O2. The smallest absolute Gasteiger partial charge is 0.417 e. The summed E-state index contributed by atoms with van der Waals surface area (Å²) in [5.74, 6) is -0.504. The van der Waals surface area contributed by atoms with E-state index < -0.39 is 23.2 Å². The molecule has 0 fully saturated rings. The van der Waals surface area contributed by atoms with Crippen molar-refractivity contribution >= 4 is 28.4 Å². The summed E-state index contributed by atoms with van der Waals surface area (Å²) in [4.78, 5) is 19.1. The minimum atomic E-state index is -4.63. The predicted octanol–water partition coefficient (Wildman–Crippen LogP) is 6.14. The van der Waals surface area contributed by atoms with Gasteiger partial charge in [0.05, 0.1) is 16.7 Å². The van der Waals surface area contributed by atoms with Gasteiger partial charge in [0, 0.05) is 25.5 Å². The van der Waals surface area contributed by atoms with Crippen LogP contribution in [-0.2, 0) is 6.18 Å². The molecule has 3 aromatic carbocycles. The Morgan fingerprint density at radius 3 is 2.50 bits per heavy atom. The van der Waals surface area contributed by atoms with E-state index in [1.807, 2.05) is 44.1 Å². The Bertz CT molecular complexity index is 1310. The molecule has 164 valence electrons. The Balaban J connectivity index is 1.73. The first kappa shape index (κ1) is 21.4. The summed E-state index contributed by atoms with van der Waals surface area (Å²) in [7, 11) is 3.70. The van der Waals surface area contributed by atoms with Gasteiger partial charge in [0.2, 0.25) is 5.89 Å². The molecule has 0 atom stereocenters. The maximum absolute atomic E-state index is 13.3. The molecule has 0 radical (unpaired) electrons. The van der Waals surface area contributed by atoms with Crippen molar-refractivity contribution in [1.29, 1.82) is 0 Å². The lowest BCUT2D eigenvalue weighted by atomic mass is 10.1. The lowest BCUT2D eigenvalue weighted by Crippen LogP contribution is -2.19. The van der Waals surface area contributed by atoms with Crippen molar-refractivity contribution in [1.82, 2.24) is 4.98 Å². The molecule has 4 rings (SSSR count). The highest BCUT2D eigenvalue weighted by atomic mass is 19.4. The van der Waals surface area contributed by atoms with Crippen molar-refractivity contribution in [2.24, 2.45) is 0 Å². The number of fused-ring (bicyclic) bond motifs is 1. The molecule has 0 saturated heterocycles. The number of nitrogens with one attached hydrogen (secondary N) is 1. The van der Waals surface area contributed by atoms with Crippen LogP contribution >= 0.6 is 0 Å². The van der Waals surface area contributed by atoms with Crippen molar-refractivity contribution < 1.29 is 22.4 Å². The van der Waals surface area contributed by atoms with E-state index in [0.717, 1.165) is 23.4 Å². The second-order valence-corrected chi connectivity index (χ2v) is 7.61. The second kappa shape index (κ2) is 8.03. The monoisotopic (exact) mass is 439 g/mol. The van der Waals surface area contributed by atoms with Crippen LogP contribution in [0.25, 0.3) is 22.6 Å². The summed E-state index contributed by atoms with van der Waals surface area (Å²) in [6.45, 7) is 1.95. The van der Waals surface area contributed by atoms with Gasteiger partial charge in [-0.1, -0.05) is 18.2 Å². The summed E-state index contributed by atoms with van der Waals surface area (Å²) in [5.41, 5.74) is 2.61. The average Bonchev–Trinajstić information content (AvgIpc) is 3.16. The number of alkyl halides is 3. The number of aryl methyl sites for hydroxylation is 1. The summed E-state index contributed by atoms with van der Waals surface area (Å²) < 4.78 is 45.8. The van der Waals surface area contributed by atoms with Gasteiger partial charge in [0.25, 0.3) is 5.91 Å². The largest absolute Gasteiger partial charge is 0.436 e. The average molecular weight is 439 g/mol. The van der Waals surface area contributed by atoms with E-state index in [1.165, 1.54) is 12.1 Å². The molecule has 0 bridgehead atoms. The van der Waals surface area contributed by atoms with E-state index in [-0.39, 0.29) is 0 Å². The SMILES string of the molecule is Cc1ccc2oc(-c3cc(NC(=O)c4ccccc4C(F)(F)F)ccc3N(C)C)nc2c1. The van der Waals surface area contributed by atoms with Crippen LogP contribution in [0.15, 0.2) is 65.1 Å². The van der Waals surface area contributed by atoms with Gasteiger partial charge >= 0.3 is 6.18 Å². The Morgan fingerprint density at radius 1 is 1.03 bits per heavy atom. The van der Waals surface area contributed by atoms with Crippen molar-refractivity contribution in [3.63, 3.8) is 0 Å². The molecule has 0 spiro atoms. The third kappa shape index (κ3) is 4.16. The van der Waals surface area contributed by atoms with Gasteiger partial charge in [-0.05, 0) is 55.0 Å². The highest BCUT2D eigenvalue weighted by molar-refractivity contribution is 6.06. The lowest BCUT2D eigenvalue weighted by molar-refractivity contribution is -0.137. The van der Waals surface area contributed by atoms with Crippen LogP contribution in [-0.4, -0.2) is 25.0 Å². The van der Waals surface area contributed by atoms with Crippen LogP contribution in [0.5, 0.6) is 0 Å². The second-order valence-electron chi connectivity index (χ2n) is 7.61. The summed E-state index contributed by atoms with van der Waals surface area (Å²) in [5, 5.41) is 2.56. The summed E-state index contributed by atoms with van der Waals surface area (Å²) in [6.07, 6.45) is -4.63. The molecule has 1 amide bonds. The third-order valence-corrected chi connectivity index (χ3v) is 4.99. The number of nitrogens with zero attached hydrogens (tertiary/aromatic N) is 2. The predicted molar refractivity (Wildman–Crippen MR) is 118 cm³/mol. The van der Waals surface area contributed by atoms with Gasteiger partial charge in [-0.2, -0.15) is 13.2 Å². The van der Waals surface area contributed by atoms with E-state index in [9.17, 15) is 18.0 Å². The zero-order valence-electron chi connectivity index (χ0n) is 17.6. The molecule has 4 aromatic rings. The van der Waals surface area contributed by atoms with Gasteiger partial charge in [-0.15, -0.1) is 0 Å². The normalized spacial score (nSPS) is 11.6. The molecule has 1 N–H and O–H groups in total. The van der Waals surface area contributed by atoms with Crippen molar-refractivity contribution in [2.45, 2.75) is 13.1 Å². The molecule has 0 saturated carbocycles. The molecule has 0 aliphatic heterocycles. The number of carbonyl (C=O) groups is 1. The van der Waals surface area contributed by atoms with E-state index in [0.29, 0.717) is 28.2 Å². The van der Waals surface area contributed by atoms with E-state index in [4.69, 9.17) is 4.42 Å². The highest BCUT2D eigenvalue weighted by Crippen LogP contribution is 2.35. The zero-order valence-corrected chi connectivity index (χ0v) is 17.6. The topological polar surface area (TPSA) is 58.4 Å². The minimum absolute atomic E-state index is 0.325. The number of benzene rings is 3. The van der Waals surface area contributed by atoms with Gasteiger partial charge in [0.1, 0.15) is 5.52 Å². The summed E-state index contributed by atoms with van der Waals surface area (Å²) >= 11 is 0. The number of amides is 1. The van der Waals surface area contributed by atoms with Crippen LogP contribution in [0, 0.1) is 6.92 Å². The fourth-order valence-electron chi connectivity index (χ4n) is 3.45. The van der Waals surface area contributed by atoms with Crippen LogP contribution < -0.4 is 10.2 Å². The Morgan fingerprint density at radius 2 is 1.78 bits per heavy atom. The van der Waals surface area contributed by atoms with E-state index in [1.54, 1.807) is 18.2 Å². The van der Waals surface area contributed by atoms with Crippen molar-refractivity contribution in [2.75, 3.05) is 24.3 Å². The quantitative estimate of drug-likeness (QED) is 0.415. The number of aromatic nitrogens is 1. The van der Waals surface area contributed by atoms with Crippen LogP contribution in [0.3, 0.4) is 0 Å². The van der Waals surface area contributed by atoms with Gasteiger partial charge < -0.3 is 14.6 Å². The van der Waals surface area contributed by atoms with Crippen LogP contribution in [0.2, 0.25) is 0 Å². The Hall–Kier alpha value is -3.81. The number of oxazole rings is 1. The molecule has 1 aromatic heterocycles. The molecule has 5 nitrogen and oxygen atoms in total. The molecule has 0 unspecified atom stereocenters. The van der Waals surface area contributed by atoms with Crippen molar-refractivity contribution in [3.05, 3.63) is 77.4 Å². The maximum atomic E-state index is 13.3. The molecule has 1 heterocycles. The lowest BCUT2D eigenvalue weighted by Gasteiger charge is -2.18. The summed E-state index contributed by atoms with van der Waals surface area (Å²) in [6, 6.07) is 15.3. The number of carbonyl (C=O) groups excluding carboxylic acids is 1. The fraction of sp³-hybridized carbons (Fsp3) is 0.167. The number of hydrogen-bond acceptors (Lipinski definition) is 4. The Labute approximate surface area is 182 Å². The first-order valence-corrected chi connectivity index (χ1v) is 9.80. The number of halogens is 3. The zero-order chi connectivity index (χ0) is 23.0. The fourth-order valence-corrected chi connectivity index (χ4v) is 3.45. The number of anilines is 2.